The molecule has 2 atom stereocenters. The van der Waals surface area contributed by atoms with Crippen molar-refractivity contribution in [2.75, 3.05) is 5.75 Å². The van der Waals surface area contributed by atoms with E-state index >= 15 is 0 Å². The topological polar surface area (TPSA) is 89.3 Å². The molecule has 3 rings (SSSR count). The zero-order chi connectivity index (χ0) is 17.3. The number of hydrogen-bond donors (Lipinski definition) is 2. The van der Waals surface area contributed by atoms with Crippen molar-refractivity contribution in [2.24, 2.45) is 17.6 Å². The van der Waals surface area contributed by atoms with E-state index in [9.17, 15) is 13.2 Å². The summed E-state index contributed by atoms with van der Waals surface area (Å²) in [7, 11) is -3.42. The summed E-state index contributed by atoms with van der Waals surface area (Å²) in [5, 5.41) is 3.14. The third kappa shape index (κ3) is 4.18. The van der Waals surface area contributed by atoms with Crippen molar-refractivity contribution in [1.82, 2.24) is 5.32 Å². The Hall–Kier alpha value is -1.11. The van der Waals surface area contributed by atoms with Gasteiger partial charge in [-0.2, -0.15) is 0 Å². The summed E-state index contributed by atoms with van der Waals surface area (Å²) in [5.41, 5.74) is 6.39. The first-order valence-electron chi connectivity index (χ1n) is 8.80. The minimum Gasteiger partial charge on any atom is -0.349 e. The molecule has 0 aromatic heterocycles. The second-order valence-corrected chi connectivity index (χ2v) is 9.33. The molecule has 5 nitrogen and oxygen atoms in total. The molecule has 1 amide bonds. The van der Waals surface area contributed by atoms with E-state index in [2.05, 4.69) is 5.32 Å². The van der Waals surface area contributed by atoms with Crippen LogP contribution in [0.25, 0.3) is 0 Å². The standard InChI is InChI=1S/C18H26N2O3S.ClH/c1-2-24(22,23)16-9-4-3-8-15(16)18(21)20-17-12-6-5-7-13(17)11-14(19)10-12;/h3-4,8-9,12-14,17H,2,5-7,10-11,19H2,1H3,(H,20,21);1H. The molecule has 1 aromatic carbocycles. The molecule has 2 fully saturated rings. The lowest BCUT2D eigenvalue weighted by atomic mass is 9.67. The largest absolute Gasteiger partial charge is 0.349 e. The average molecular weight is 387 g/mol. The number of halogens is 1. The van der Waals surface area contributed by atoms with Gasteiger partial charge in [0.1, 0.15) is 0 Å². The maximum atomic E-state index is 12.8. The number of fused-ring (bicyclic) bond motifs is 2. The highest BCUT2D eigenvalue weighted by Gasteiger charge is 2.40. The number of sulfone groups is 1. The highest BCUT2D eigenvalue weighted by atomic mass is 35.5. The smallest absolute Gasteiger partial charge is 0.252 e. The van der Waals surface area contributed by atoms with E-state index in [-0.39, 0.29) is 46.6 Å². The Morgan fingerprint density at radius 1 is 1.20 bits per heavy atom. The number of carbonyl (C=O) groups is 1. The van der Waals surface area contributed by atoms with E-state index in [1.807, 2.05) is 0 Å². The van der Waals surface area contributed by atoms with Gasteiger partial charge in [0.15, 0.2) is 9.84 Å². The molecule has 3 N–H and O–H groups in total. The van der Waals surface area contributed by atoms with Crippen molar-refractivity contribution in [3.05, 3.63) is 29.8 Å². The molecule has 0 heterocycles. The van der Waals surface area contributed by atoms with Crippen molar-refractivity contribution in [2.45, 2.75) is 56.0 Å². The number of nitrogens with one attached hydrogen (secondary N) is 1. The molecule has 1 aromatic rings. The van der Waals surface area contributed by atoms with Crippen molar-refractivity contribution in [3.8, 4) is 0 Å². The Labute approximate surface area is 156 Å². The molecule has 0 aliphatic heterocycles. The number of rotatable bonds is 4. The monoisotopic (exact) mass is 386 g/mol. The maximum absolute atomic E-state index is 12.8. The SMILES string of the molecule is CCS(=O)(=O)c1ccccc1C(=O)NC1C2CCCC1CC(N)C2.Cl. The highest BCUT2D eigenvalue weighted by molar-refractivity contribution is 7.91. The van der Waals surface area contributed by atoms with Gasteiger partial charge in [-0.25, -0.2) is 8.42 Å². The summed E-state index contributed by atoms with van der Waals surface area (Å²) in [4.78, 5) is 12.9. The van der Waals surface area contributed by atoms with Crippen LogP contribution < -0.4 is 11.1 Å². The van der Waals surface area contributed by atoms with Gasteiger partial charge in [0.25, 0.3) is 5.91 Å². The van der Waals surface area contributed by atoms with Crippen LogP contribution in [0.5, 0.6) is 0 Å². The molecule has 25 heavy (non-hydrogen) atoms. The molecule has 7 heteroatoms. The first kappa shape index (κ1) is 20.2. The van der Waals surface area contributed by atoms with E-state index in [0.29, 0.717) is 11.8 Å². The number of carbonyl (C=O) groups excluding carboxylic acids is 1. The molecule has 2 saturated carbocycles. The van der Waals surface area contributed by atoms with Crippen molar-refractivity contribution >= 4 is 28.2 Å². The zero-order valence-electron chi connectivity index (χ0n) is 14.5. The van der Waals surface area contributed by atoms with E-state index in [0.717, 1.165) is 25.7 Å². The quantitative estimate of drug-likeness (QED) is 0.832. The fraction of sp³-hybridized carbons (Fsp3) is 0.611. The Bertz CT molecular complexity index is 709. The predicted molar refractivity (Wildman–Crippen MR) is 101 cm³/mol. The number of benzene rings is 1. The van der Waals surface area contributed by atoms with Crippen molar-refractivity contribution in [3.63, 3.8) is 0 Å². The number of hydrogen-bond acceptors (Lipinski definition) is 4. The Kier molecular flexibility index (Phi) is 6.51. The second kappa shape index (κ2) is 8.06. The van der Waals surface area contributed by atoms with Crippen LogP contribution in [-0.4, -0.2) is 32.2 Å². The molecule has 140 valence electrons. The van der Waals surface area contributed by atoms with Gasteiger partial charge in [-0.1, -0.05) is 25.5 Å². The van der Waals surface area contributed by atoms with Gasteiger partial charge in [0.2, 0.25) is 0 Å². The third-order valence-corrected chi connectivity index (χ3v) is 7.31. The van der Waals surface area contributed by atoms with E-state index in [4.69, 9.17) is 5.73 Å². The van der Waals surface area contributed by atoms with Gasteiger partial charge >= 0.3 is 0 Å². The number of amides is 1. The molecule has 2 bridgehead atoms. The second-order valence-electron chi connectivity index (χ2n) is 7.08. The van der Waals surface area contributed by atoms with Crippen molar-refractivity contribution < 1.29 is 13.2 Å². The minimum absolute atomic E-state index is 0. The first-order valence-corrected chi connectivity index (χ1v) is 10.5. The molecule has 0 spiro atoms. The van der Waals surface area contributed by atoms with Crippen LogP contribution in [0.4, 0.5) is 0 Å². The fourth-order valence-corrected chi connectivity index (χ4v) is 5.43. The van der Waals surface area contributed by atoms with Gasteiger partial charge in [-0.05, 0) is 49.7 Å². The normalized spacial score (nSPS) is 28.7. The van der Waals surface area contributed by atoms with Gasteiger partial charge in [-0.3, -0.25) is 4.79 Å². The zero-order valence-corrected chi connectivity index (χ0v) is 16.1. The van der Waals surface area contributed by atoms with Gasteiger partial charge < -0.3 is 11.1 Å². The Morgan fingerprint density at radius 2 is 1.80 bits per heavy atom. The van der Waals surface area contributed by atoms with Gasteiger partial charge in [0, 0.05) is 12.1 Å². The molecule has 2 unspecified atom stereocenters. The molecule has 2 aliphatic carbocycles. The average Bonchev–Trinajstić information content (AvgIpc) is 2.55. The van der Waals surface area contributed by atoms with Crippen LogP contribution in [0.1, 0.15) is 49.4 Å². The van der Waals surface area contributed by atoms with Crippen LogP contribution in [-0.2, 0) is 9.84 Å². The Balaban J connectivity index is 0.00000225. The number of nitrogens with two attached hydrogens (primary N) is 1. The third-order valence-electron chi connectivity index (χ3n) is 5.52. The lowest BCUT2D eigenvalue weighted by Gasteiger charge is -2.45. The maximum Gasteiger partial charge on any atom is 0.252 e. The minimum atomic E-state index is -3.42. The van der Waals surface area contributed by atoms with Crippen LogP contribution >= 0.6 is 12.4 Å². The van der Waals surface area contributed by atoms with Crippen LogP contribution in [0.15, 0.2) is 29.2 Å². The molecular weight excluding hydrogens is 360 g/mol. The molecule has 0 radical (unpaired) electrons. The lowest BCUT2D eigenvalue weighted by Crippen LogP contribution is -2.53. The van der Waals surface area contributed by atoms with E-state index < -0.39 is 9.84 Å². The first-order chi connectivity index (χ1) is 11.4. The lowest BCUT2D eigenvalue weighted by molar-refractivity contribution is 0.0753. The summed E-state index contributed by atoms with van der Waals surface area (Å²) >= 11 is 0. The fourth-order valence-electron chi connectivity index (χ4n) is 4.33. The highest BCUT2D eigenvalue weighted by Crippen LogP contribution is 2.39. The van der Waals surface area contributed by atoms with E-state index in [1.165, 1.54) is 12.5 Å². The molecule has 0 saturated heterocycles. The van der Waals surface area contributed by atoms with Crippen LogP contribution in [0, 0.1) is 11.8 Å². The van der Waals surface area contributed by atoms with Gasteiger partial charge in [0.05, 0.1) is 16.2 Å². The summed E-state index contributed by atoms with van der Waals surface area (Å²) in [6.45, 7) is 1.59. The summed E-state index contributed by atoms with van der Waals surface area (Å²) in [5.74, 6) is 0.527. The molecular formula is C18H27ClN2O3S. The van der Waals surface area contributed by atoms with Crippen LogP contribution in [0.2, 0.25) is 0 Å². The van der Waals surface area contributed by atoms with E-state index in [1.54, 1.807) is 25.1 Å². The predicted octanol–water partition coefficient (Wildman–Crippen LogP) is 2.54. The summed E-state index contributed by atoms with van der Waals surface area (Å²) in [6, 6.07) is 6.83. The van der Waals surface area contributed by atoms with Crippen LogP contribution in [0.3, 0.4) is 0 Å². The Morgan fingerprint density at radius 3 is 2.40 bits per heavy atom. The summed E-state index contributed by atoms with van der Waals surface area (Å²) in [6.07, 6.45) is 5.25. The molecule has 2 aliphatic rings. The summed E-state index contributed by atoms with van der Waals surface area (Å²) < 4.78 is 24.5. The van der Waals surface area contributed by atoms with Crippen molar-refractivity contribution in [1.29, 1.82) is 0 Å². The van der Waals surface area contributed by atoms with Gasteiger partial charge in [-0.15, -0.1) is 12.4 Å².